The van der Waals surface area contributed by atoms with Gasteiger partial charge in [-0.15, -0.1) is 0 Å². The van der Waals surface area contributed by atoms with Crippen LogP contribution in [0.5, 0.6) is 5.75 Å². The lowest BCUT2D eigenvalue weighted by Gasteiger charge is -2.10. The average molecular weight is 289 g/mol. The molecule has 0 radical (unpaired) electrons. The van der Waals surface area contributed by atoms with Crippen LogP contribution in [0.4, 0.5) is 10.1 Å². The van der Waals surface area contributed by atoms with E-state index in [9.17, 15) is 19.1 Å². The predicted molar refractivity (Wildman–Crippen MR) is 74.2 cm³/mol. The standard InChI is InChI=1S/C15H12FNO4/c1-8-3-2-4-10(13(8)16)14(19)17-12-6-5-9(18)7-11(12)15(20)21/h2-7,18H,1H3,(H,17,19)(H,20,21). The normalized spacial score (nSPS) is 10.2. The molecule has 0 aliphatic carbocycles. The van der Waals surface area contributed by atoms with Crippen LogP contribution >= 0.6 is 0 Å². The predicted octanol–water partition coefficient (Wildman–Crippen LogP) is 2.79. The van der Waals surface area contributed by atoms with Gasteiger partial charge in [-0.3, -0.25) is 4.79 Å². The summed E-state index contributed by atoms with van der Waals surface area (Å²) >= 11 is 0. The van der Waals surface area contributed by atoms with E-state index < -0.39 is 17.7 Å². The van der Waals surface area contributed by atoms with Crippen molar-refractivity contribution < 1.29 is 24.2 Å². The van der Waals surface area contributed by atoms with Crippen LogP contribution in [0.15, 0.2) is 36.4 Å². The van der Waals surface area contributed by atoms with Gasteiger partial charge >= 0.3 is 5.97 Å². The molecule has 2 aromatic carbocycles. The minimum atomic E-state index is -1.31. The van der Waals surface area contributed by atoms with Crippen LogP contribution < -0.4 is 5.32 Å². The molecule has 0 atom stereocenters. The second-order valence-corrected chi connectivity index (χ2v) is 4.43. The highest BCUT2D eigenvalue weighted by molar-refractivity contribution is 6.08. The highest BCUT2D eigenvalue weighted by atomic mass is 19.1. The van der Waals surface area contributed by atoms with E-state index in [2.05, 4.69) is 5.32 Å². The van der Waals surface area contributed by atoms with Crippen LogP contribution in [0.3, 0.4) is 0 Å². The second-order valence-electron chi connectivity index (χ2n) is 4.43. The number of anilines is 1. The van der Waals surface area contributed by atoms with Gasteiger partial charge in [-0.1, -0.05) is 12.1 Å². The van der Waals surface area contributed by atoms with E-state index >= 15 is 0 Å². The van der Waals surface area contributed by atoms with Crippen LogP contribution in [-0.4, -0.2) is 22.1 Å². The third-order valence-corrected chi connectivity index (χ3v) is 2.92. The summed E-state index contributed by atoms with van der Waals surface area (Å²) in [6.07, 6.45) is 0. The van der Waals surface area contributed by atoms with E-state index in [1.165, 1.54) is 37.3 Å². The van der Waals surface area contributed by atoms with Gasteiger partial charge in [0.15, 0.2) is 0 Å². The largest absolute Gasteiger partial charge is 0.508 e. The molecule has 108 valence electrons. The molecule has 5 nitrogen and oxygen atoms in total. The van der Waals surface area contributed by atoms with Crippen LogP contribution in [0.2, 0.25) is 0 Å². The first-order valence-electron chi connectivity index (χ1n) is 6.03. The fourth-order valence-corrected chi connectivity index (χ4v) is 1.83. The molecule has 0 fully saturated rings. The number of aromatic carboxylic acids is 1. The number of aryl methyl sites for hydroxylation is 1. The van der Waals surface area contributed by atoms with E-state index in [-0.39, 0.29) is 22.6 Å². The number of carboxylic acid groups (broad SMARTS) is 1. The number of amides is 1. The van der Waals surface area contributed by atoms with Gasteiger partial charge in [0.2, 0.25) is 0 Å². The molecule has 0 aromatic heterocycles. The van der Waals surface area contributed by atoms with Crippen molar-refractivity contribution >= 4 is 17.6 Å². The van der Waals surface area contributed by atoms with Gasteiger partial charge in [0.25, 0.3) is 5.91 Å². The lowest BCUT2D eigenvalue weighted by Crippen LogP contribution is -2.16. The number of hydrogen-bond donors (Lipinski definition) is 3. The zero-order valence-electron chi connectivity index (χ0n) is 11.1. The van der Waals surface area contributed by atoms with Gasteiger partial charge in [0, 0.05) is 0 Å². The van der Waals surface area contributed by atoms with Gasteiger partial charge in [-0.2, -0.15) is 0 Å². The minimum absolute atomic E-state index is 0.0220. The Morgan fingerprint density at radius 2 is 1.86 bits per heavy atom. The van der Waals surface area contributed by atoms with E-state index in [1.807, 2.05) is 0 Å². The summed E-state index contributed by atoms with van der Waals surface area (Å²) < 4.78 is 13.9. The first kappa shape index (κ1) is 14.5. The van der Waals surface area contributed by atoms with Crippen molar-refractivity contribution in [1.29, 1.82) is 0 Å². The highest BCUT2D eigenvalue weighted by Gasteiger charge is 2.17. The molecule has 0 aliphatic heterocycles. The van der Waals surface area contributed by atoms with Gasteiger partial charge in [-0.05, 0) is 36.8 Å². The Balaban J connectivity index is 2.36. The van der Waals surface area contributed by atoms with Crippen molar-refractivity contribution in [3.63, 3.8) is 0 Å². The van der Waals surface area contributed by atoms with Gasteiger partial charge < -0.3 is 15.5 Å². The summed E-state index contributed by atoms with van der Waals surface area (Å²) in [4.78, 5) is 23.1. The molecule has 0 saturated heterocycles. The lowest BCUT2D eigenvalue weighted by atomic mass is 10.1. The van der Waals surface area contributed by atoms with Crippen molar-refractivity contribution in [3.8, 4) is 5.75 Å². The van der Waals surface area contributed by atoms with Gasteiger partial charge in [0.05, 0.1) is 16.8 Å². The molecule has 0 bridgehead atoms. The number of rotatable bonds is 3. The number of benzene rings is 2. The van der Waals surface area contributed by atoms with E-state index in [4.69, 9.17) is 5.11 Å². The molecule has 0 saturated carbocycles. The number of nitrogens with one attached hydrogen (secondary N) is 1. The number of carboxylic acids is 1. The Morgan fingerprint density at radius 1 is 1.14 bits per heavy atom. The quantitative estimate of drug-likeness (QED) is 0.758. The van der Waals surface area contributed by atoms with Crippen LogP contribution in [0, 0.1) is 12.7 Å². The van der Waals surface area contributed by atoms with Crippen molar-refractivity contribution in [2.75, 3.05) is 5.32 Å². The Bertz CT molecular complexity index is 728. The number of hydrogen-bond acceptors (Lipinski definition) is 3. The summed E-state index contributed by atoms with van der Waals surface area (Å²) in [5.74, 6) is -2.98. The molecule has 6 heteroatoms. The summed E-state index contributed by atoms with van der Waals surface area (Å²) in [5.41, 5.74) is -0.172. The third-order valence-electron chi connectivity index (χ3n) is 2.92. The average Bonchev–Trinajstić information content (AvgIpc) is 2.43. The number of carbonyl (C=O) groups excluding carboxylic acids is 1. The molecule has 0 aliphatic rings. The van der Waals surface area contributed by atoms with Gasteiger partial charge in [-0.25, -0.2) is 9.18 Å². The SMILES string of the molecule is Cc1cccc(C(=O)Nc2ccc(O)cc2C(=O)O)c1F. The molecule has 3 N–H and O–H groups in total. The maximum atomic E-state index is 13.9. The van der Waals surface area contributed by atoms with Crippen molar-refractivity contribution in [2.45, 2.75) is 6.92 Å². The minimum Gasteiger partial charge on any atom is -0.508 e. The number of carbonyl (C=O) groups is 2. The van der Waals surface area contributed by atoms with E-state index in [1.54, 1.807) is 0 Å². The highest BCUT2D eigenvalue weighted by Crippen LogP contribution is 2.22. The molecular formula is C15H12FNO4. The monoisotopic (exact) mass is 289 g/mol. The van der Waals surface area contributed by atoms with Crippen molar-refractivity contribution in [3.05, 3.63) is 58.9 Å². The second kappa shape index (κ2) is 5.62. The summed E-state index contributed by atoms with van der Waals surface area (Å²) in [7, 11) is 0. The maximum absolute atomic E-state index is 13.9. The Labute approximate surface area is 119 Å². The van der Waals surface area contributed by atoms with Crippen molar-refractivity contribution in [1.82, 2.24) is 0 Å². The molecule has 0 heterocycles. The first-order valence-corrected chi connectivity index (χ1v) is 6.03. The zero-order valence-corrected chi connectivity index (χ0v) is 11.1. The Morgan fingerprint density at radius 3 is 2.52 bits per heavy atom. The summed E-state index contributed by atoms with van der Waals surface area (Å²) in [6, 6.07) is 7.83. The van der Waals surface area contributed by atoms with Crippen LogP contribution in [0.25, 0.3) is 0 Å². The first-order chi connectivity index (χ1) is 9.90. The molecule has 21 heavy (non-hydrogen) atoms. The zero-order chi connectivity index (χ0) is 15.6. The van der Waals surface area contributed by atoms with E-state index in [0.29, 0.717) is 5.56 Å². The third kappa shape index (κ3) is 3.00. The topological polar surface area (TPSA) is 86.6 Å². The van der Waals surface area contributed by atoms with E-state index in [0.717, 1.165) is 6.07 Å². The fourth-order valence-electron chi connectivity index (χ4n) is 1.83. The molecular weight excluding hydrogens is 277 g/mol. The molecule has 0 unspecified atom stereocenters. The van der Waals surface area contributed by atoms with Crippen LogP contribution in [-0.2, 0) is 0 Å². The molecule has 2 rings (SSSR count). The summed E-state index contributed by atoms with van der Waals surface area (Å²) in [5, 5.41) is 20.7. The maximum Gasteiger partial charge on any atom is 0.337 e. The lowest BCUT2D eigenvalue weighted by molar-refractivity contribution is 0.0697. The fraction of sp³-hybridized carbons (Fsp3) is 0.0667. The number of phenols is 1. The Kier molecular flexibility index (Phi) is 3.89. The summed E-state index contributed by atoms with van der Waals surface area (Å²) in [6.45, 7) is 1.52. The van der Waals surface area contributed by atoms with Crippen molar-refractivity contribution in [2.24, 2.45) is 0 Å². The molecule has 2 aromatic rings. The number of halogens is 1. The number of phenolic OH excluding ortho intramolecular Hbond substituents is 1. The smallest absolute Gasteiger partial charge is 0.337 e. The molecule has 0 spiro atoms. The number of aromatic hydroxyl groups is 1. The Hall–Kier alpha value is -2.89. The van der Waals surface area contributed by atoms with Gasteiger partial charge in [0.1, 0.15) is 11.6 Å². The van der Waals surface area contributed by atoms with Crippen LogP contribution in [0.1, 0.15) is 26.3 Å². The molecule has 1 amide bonds.